The lowest BCUT2D eigenvalue weighted by Crippen LogP contribution is -2.04. The van der Waals surface area contributed by atoms with Gasteiger partial charge in [0.2, 0.25) is 0 Å². The Balaban J connectivity index is 3.24. The average Bonchev–Trinajstić information content (AvgIpc) is 2.14. The van der Waals surface area contributed by atoms with Crippen LogP contribution in [-0.2, 0) is 0 Å². The van der Waals surface area contributed by atoms with Crippen LogP contribution < -0.4 is 0 Å². The standard InChI is InChI=1S/C12H26O/c1-4-5-6-7-11(2)8-9-12(3)10-13/h11-13H,4-10H2,1-3H3. The SMILES string of the molecule is CCCCCC(C)CCC(C)CO. The van der Waals surface area contributed by atoms with Crippen molar-refractivity contribution < 1.29 is 5.11 Å². The summed E-state index contributed by atoms with van der Waals surface area (Å²) in [5.74, 6) is 1.34. The lowest BCUT2D eigenvalue weighted by atomic mass is 9.94. The van der Waals surface area contributed by atoms with Crippen LogP contribution in [0.15, 0.2) is 0 Å². The van der Waals surface area contributed by atoms with Gasteiger partial charge in [0, 0.05) is 6.61 Å². The maximum absolute atomic E-state index is 8.86. The van der Waals surface area contributed by atoms with Crippen LogP contribution >= 0.6 is 0 Å². The Kier molecular flexibility index (Phi) is 8.53. The van der Waals surface area contributed by atoms with Crippen LogP contribution in [-0.4, -0.2) is 11.7 Å². The summed E-state index contributed by atoms with van der Waals surface area (Å²) in [5.41, 5.74) is 0. The Hall–Kier alpha value is -0.0400. The molecule has 0 aromatic carbocycles. The largest absolute Gasteiger partial charge is 0.396 e. The molecule has 2 unspecified atom stereocenters. The van der Waals surface area contributed by atoms with Crippen LogP contribution in [0.4, 0.5) is 0 Å². The Morgan fingerprint density at radius 3 is 2.08 bits per heavy atom. The molecule has 0 saturated heterocycles. The monoisotopic (exact) mass is 186 g/mol. The number of aliphatic hydroxyl groups excluding tert-OH is 1. The zero-order valence-electron chi connectivity index (χ0n) is 9.55. The normalized spacial score (nSPS) is 15.7. The summed E-state index contributed by atoms with van der Waals surface area (Å²) in [5, 5.41) is 8.86. The highest BCUT2D eigenvalue weighted by atomic mass is 16.3. The van der Waals surface area contributed by atoms with Gasteiger partial charge in [0.1, 0.15) is 0 Å². The van der Waals surface area contributed by atoms with Crippen LogP contribution in [0.1, 0.15) is 59.3 Å². The molecule has 0 heterocycles. The number of hydrogen-bond donors (Lipinski definition) is 1. The second-order valence-electron chi connectivity index (χ2n) is 4.47. The molecule has 0 aliphatic carbocycles. The van der Waals surface area contributed by atoms with Gasteiger partial charge in [-0.25, -0.2) is 0 Å². The van der Waals surface area contributed by atoms with Gasteiger partial charge < -0.3 is 5.11 Å². The quantitative estimate of drug-likeness (QED) is 0.574. The van der Waals surface area contributed by atoms with Gasteiger partial charge >= 0.3 is 0 Å². The maximum atomic E-state index is 8.86. The minimum absolute atomic E-state index is 0.349. The second kappa shape index (κ2) is 8.55. The highest BCUT2D eigenvalue weighted by molar-refractivity contribution is 4.57. The van der Waals surface area contributed by atoms with Crippen LogP contribution in [0.5, 0.6) is 0 Å². The molecule has 0 rings (SSSR count). The molecule has 80 valence electrons. The van der Waals surface area contributed by atoms with Gasteiger partial charge in [0.25, 0.3) is 0 Å². The highest BCUT2D eigenvalue weighted by Crippen LogP contribution is 2.17. The first-order valence-electron chi connectivity index (χ1n) is 5.81. The summed E-state index contributed by atoms with van der Waals surface area (Å²) in [6.07, 6.45) is 7.91. The van der Waals surface area contributed by atoms with E-state index in [2.05, 4.69) is 20.8 Å². The van der Waals surface area contributed by atoms with Crippen LogP contribution in [0, 0.1) is 11.8 Å². The Labute approximate surface area is 83.5 Å². The van der Waals surface area contributed by atoms with E-state index in [1.807, 2.05) is 0 Å². The lowest BCUT2D eigenvalue weighted by Gasteiger charge is -2.13. The molecule has 0 aliphatic heterocycles. The molecule has 0 aromatic heterocycles. The molecule has 1 N–H and O–H groups in total. The van der Waals surface area contributed by atoms with Crippen molar-refractivity contribution in [2.75, 3.05) is 6.61 Å². The number of hydrogen-bond acceptors (Lipinski definition) is 1. The summed E-state index contributed by atoms with van der Waals surface area (Å²) in [6, 6.07) is 0. The van der Waals surface area contributed by atoms with E-state index in [0.29, 0.717) is 12.5 Å². The van der Waals surface area contributed by atoms with Crippen molar-refractivity contribution in [1.29, 1.82) is 0 Å². The van der Waals surface area contributed by atoms with Crippen LogP contribution in [0.25, 0.3) is 0 Å². The smallest absolute Gasteiger partial charge is 0.0456 e. The molecular weight excluding hydrogens is 160 g/mol. The van der Waals surface area contributed by atoms with Crippen molar-refractivity contribution in [2.45, 2.75) is 59.3 Å². The predicted octanol–water partition coefficient (Wildman–Crippen LogP) is 3.61. The second-order valence-corrected chi connectivity index (χ2v) is 4.47. The maximum Gasteiger partial charge on any atom is 0.0456 e. The van der Waals surface area contributed by atoms with Crippen LogP contribution in [0.2, 0.25) is 0 Å². The molecule has 1 heteroatoms. The highest BCUT2D eigenvalue weighted by Gasteiger charge is 2.05. The molecule has 2 atom stereocenters. The first-order chi connectivity index (χ1) is 6.20. The zero-order chi connectivity index (χ0) is 10.1. The van der Waals surface area contributed by atoms with Gasteiger partial charge in [0.05, 0.1) is 0 Å². The van der Waals surface area contributed by atoms with Crippen molar-refractivity contribution in [3.05, 3.63) is 0 Å². The van der Waals surface area contributed by atoms with Gasteiger partial charge in [-0.2, -0.15) is 0 Å². The van der Waals surface area contributed by atoms with E-state index in [4.69, 9.17) is 5.11 Å². The molecule has 0 saturated carbocycles. The molecular formula is C12H26O. The van der Waals surface area contributed by atoms with E-state index in [-0.39, 0.29) is 0 Å². The van der Waals surface area contributed by atoms with Crippen LogP contribution in [0.3, 0.4) is 0 Å². The third-order valence-corrected chi connectivity index (χ3v) is 2.76. The summed E-state index contributed by atoms with van der Waals surface area (Å²) >= 11 is 0. The third kappa shape index (κ3) is 8.29. The van der Waals surface area contributed by atoms with E-state index < -0.39 is 0 Å². The van der Waals surface area contributed by atoms with E-state index in [9.17, 15) is 0 Å². The summed E-state index contributed by atoms with van der Waals surface area (Å²) in [6.45, 7) is 7.05. The topological polar surface area (TPSA) is 20.2 Å². The molecule has 0 amide bonds. The third-order valence-electron chi connectivity index (χ3n) is 2.76. The van der Waals surface area contributed by atoms with Crippen molar-refractivity contribution in [3.8, 4) is 0 Å². The molecule has 0 bridgehead atoms. The van der Waals surface area contributed by atoms with E-state index in [0.717, 1.165) is 5.92 Å². The number of rotatable bonds is 8. The van der Waals surface area contributed by atoms with Gasteiger partial charge in [0.15, 0.2) is 0 Å². The zero-order valence-corrected chi connectivity index (χ0v) is 9.55. The molecule has 0 aliphatic rings. The number of aliphatic hydroxyl groups is 1. The van der Waals surface area contributed by atoms with Gasteiger partial charge in [-0.1, -0.05) is 52.9 Å². The van der Waals surface area contributed by atoms with Crippen molar-refractivity contribution >= 4 is 0 Å². The minimum Gasteiger partial charge on any atom is -0.396 e. The van der Waals surface area contributed by atoms with Crippen molar-refractivity contribution in [2.24, 2.45) is 11.8 Å². The Bertz CT molecular complexity index is 101. The summed E-state index contributed by atoms with van der Waals surface area (Å²) in [4.78, 5) is 0. The fourth-order valence-corrected chi connectivity index (χ4v) is 1.55. The van der Waals surface area contributed by atoms with E-state index in [1.165, 1.54) is 38.5 Å². The predicted molar refractivity (Wildman–Crippen MR) is 58.8 cm³/mol. The molecule has 13 heavy (non-hydrogen) atoms. The summed E-state index contributed by atoms with van der Waals surface area (Å²) < 4.78 is 0. The lowest BCUT2D eigenvalue weighted by molar-refractivity contribution is 0.221. The fourth-order valence-electron chi connectivity index (χ4n) is 1.55. The molecule has 0 fully saturated rings. The molecule has 0 spiro atoms. The van der Waals surface area contributed by atoms with E-state index >= 15 is 0 Å². The molecule has 0 aromatic rings. The van der Waals surface area contributed by atoms with Gasteiger partial charge in [-0.3, -0.25) is 0 Å². The first-order valence-corrected chi connectivity index (χ1v) is 5.81. The fraction of sp³-hybridized carbons (Fsp3) is 1.00. The Morgan fingerprint density at radius 1 is 0.923 bits per heavy atom. The average molecular weight is 186 g/mol. The van der Waals surface area contributed by atoms with Crippen molar-refractivity contribution in [1.82, 2.24) is 0 Å². The first kappa shape index (κ1) is 13.0. The minimum atomic E-state index is 0.349. The Morgan fingerprint density at radius 2 is 1.54 bits per heavy atom. The molecule has 1 nitrogen and oxygen atoms in total. The summed E-state index contributed by atoms with van der Waals surface area (Å²) in [7, 11) is 0. The van der Waals surface area contributed by atoms with Crippen molar-refractivity contribution in [3.63, 3.8) is 0 Å². The van der Waals surface area contributed by atoms with Gasteiger partial charge in [-0.15, -0.1) is 0 Å². The molecule has 0 radical (unpaired) electrons. The van der Waals surface area contributed by atoms with E-state index in [1.54, 1.807) is 0 Å². The van der Waals surface area contributed by atoms with Gasteiger partial charge in [-0.05, 0) is 18.3 Å². The number of unbranched alkanes of at least 4 members (excludes halogenated alkanes) is 2.